The lowest BCUT2D eigenvalue weighted by atomic mass is 10.3. The van der Waals surface area contributed by atoms with Gasteiger partial charge < -0.3 is 10.2 Å². The van der Waals surface area contributed by atoms with Crippen molar-refractivity contribution in [3.63, 3.8) is 0 Å². The zero-order valence-electron chi connectivity index (χ0n) is 12.1. The van der Waals surface area contributed by atoms with Crippen molar-refractivity contribution < 1.29 is 0 Å². The van der Waals surface area contributed by atoms with E-state index in [2.05, 4.69) is 34.7 Å². The highest BCUT2D eigenvalue weighted by Crippen LogP contribution is 2.37. The number of anilines is 1. The lowest BCUT2D eigenvalue weighted by molar-refractivity contribution is 0.790. The van der Waals surface area contributed by atoms with Crippen molar-refractivity contribution in [3.8, 4) is 0 Å². The first-order valence-corrected chi connectivity index (χ1v) is 8.93. The van der Waals surface area contributed by atoms with Crippen molar-refractivity contribution in [1.29, 1.82) is 0 Å². The predicted molar refractivity (Wildman–Crippen MR) is 87.8 cm³/mol. The van der Waals surface area contributed by atoms with Gasteiger partial charge in [-0.15, -0.1) is 22.7 Å². The highest BCUT2D eigenvalue weighted by atomic mass is 32.1. The fourth-order valence-electron chi connectivity index (χ4n) is 2.38. The molecule has 0 saturated heterocycles. The number of hydrogen-bond acceptors (Lipinski definition) is 5. The van der Waals surface area contributed by atoms with E-state index in [-0.39, 0.29) is 0 Å². The van der Waals surface area contributed by atoms with E-state index in [1.54, 1.807) is 0 Å². The molecule has 0 spiro atoms. The lowest BCUT2D eigenvalue weighted by Gasteiger charge is -2.20. The van der Waals surface area contributed by atoms with Crippen LogP contribution >= 0.6 is 22.7 Å². The number of thiazole rings is 1. The number of aryl methyl sites for hydroxylation is 1. The molecule has 0 radical (unpaired) electrons. The molecule has 5 heteroatoms. The van der Waals surface area contributed by atoms with Crippen LogP contribution in [0.3, 0.4) is 0 Å². The molecule has 2 heterocycles. The van der Waals surface area contributed by atoms with Gasteiger partial charge in [0.05, 0.1) is 12.2 Å². The number of aromatic nitrogens is 1. The third-order valence-corrected chi connectivity index (χ3v) is 5.57. The number of nitrogens with zero attached hydrogens (tertiary/aromatic N) is 2. The minimum atomic E-state index is 0.704. The molecule has 0 unspecified atom stereocenters. The maximum Gasteiger partial charge on any atom is 0.186 e. The highest BCUT2D eigenvalue weighted by Gasteiger charge is 2.31. The van der Waals surface area contributed by atoms with Gasteiger partial charge in [-0.1, -0.05) is 13.0 Å². The van der Waals surface area contributed by atoms with Crippen LogP contribution in [0.2, 0.25) is 0 Å². The first kappa shape index (κ1) is 14.0. The molecule has 0 bridgehead atoms. The Labute approximate surface area is 128 Å². The average molecular weight is 307 g/mol. The Bertz CT molecular complexity index is 543. The van der Waals surface area contributed by atoms with E-state index in [1.165, 1.54) is 33.4 Å². The Morgan fingerprint density at radius 2 is 2.30 bits per heavy atom. The van der Waals surface area contributed by atoms with E-state index >= 15 is 0 Å². The Morgan fingerprint density at radius 3 is 2.90 bits per heavy atom. The summed E-state index contributed by atoms with van der Waals surface area (Å²) in [5, 5.41) is 6.63. The standard InChI is InChI=1S/C15H21N3S2/c1-3-13-14(9-16-2)20-15(17-13)18(11-6-7-11)10-12-5-4-8-19-12/h4-5,8,11,16H,3,6-7,9-10H2,1-2H3. The second-order valence-electron chi connectivity index (χ2n) is 5.19. The van der Waals surface area contributed by atoms with Gasteiger partial charge in [-0.2, -0.15) is 0 Å². The van der Waals surface area contributed by atoms with Crippen LogP contribution in [0, 0.1) is 0 Å². The topological polar surface area (TPSA) is 28.2 Å². The molecule has 1 saturated carbocycles. The molecule has 3 rings (SSSR count). The predicted octanol–water partition coefficient (Wildman–Crippen LogP) is 3.66. The molecule has 1 fully saturated rings. The van der Waals surface area contributed by atoms with Gasteiger partial charge >= 0.3 is 0 Å². The summed E-state index contributed by atoms with van der Waals surface area (Å²) in [7, 11) is 2.00. The van der Waals surface area contributed by atoms with Gasteiger partial charge in [-0.3, -0.25) is 0 Å². The molecular weight excluding hydrogens is 286 g/mol. The summed E-state index contributed by atoms with van der Waals surface area (Å²) >= 11 is 3.70. The van der Waals surface area contributed by atoms with Crippen molar-refractivity contribution in [3.05, 3.63) is 33.0 Å². The van der Waals surface area contributed by atoms with Crippen LogP contribution < -0.4 is 10.2 Å². The summed E-state index contributed by atoms with van der Waals surface area (Å²) in [6.45, 7) is 4.13. The van der Waals surface area contributed by atoms with Crippen LogP contribution in [0.25, 0.3) is 0 Å². The van der Waals surface area contributed by atoms with Gasteiger partial charge in [-0.25, -0.2) is 4.98 Å². The first-order valence-electron chi connectivity index (χ1n) is 7.24. The molecule has 108 valence electrons. The molecule has 1 aliphatic rings. The molecule has 20 heavy (non-hydrogen) atoms. The molecule has 0 atom stereocenters. The van der Waals surface area contributed by atoms with Crippen molar-refractivity contribution in [1.82, 2.24) is 10.3 Å². The van der Waals surface area contributed by atoms with E-state index in [0.717, 1.165) is 19.5 Å². The van der Waals surface area contributed by atoms with E-state index < -0.39 is 0 Å². The first-order chi connectivity index (χ1) is 9.81. The molecule has 3 nitrogen and oxygen atoms in total. The number of rotatable bonds is 7. The van der Waals surface area contributed by atoms with Crippen molar-refractivity contribution in [2.75, 3.05) is 11.9 Å². The molecule has 0 aromatic carbocycles. The number of thiophene rings is 1. The fraction of sp³-hybridized carbons (Fsp3) is 0.533. The summed E-state index contributed by atoms with van der Waals surface area (Å²) < 4.78 is 0. The summed E-state index contributed by atoms with van der Waals surface area (Å²) in [4.78, 5) is 10.2. The molecule has 0 amide bonds. The Morgan fingerprint density at radius 1 is 1.45 bits per heavy atom. The van der Waals surface area contributed by atoms with Crippen molar-refractivity contribution in [2.24, 2.45) is 0 Å². The van der Waals surface area contributed by atoms with Crippen LogP contribution in [-0.2, 0) is 19.5 Å². The second-order valence-corrected chi connectivity index (χ2v) is 7.28. The van der Waals surface area contributed by atoms with Crippen LogP contribution in [-0.4, -0.2) is 18.1 Å². The van der Waals surface area contributed by atoms with Gasteiger partial charge in [0.25, 0.3) is 0 Å². The Hall–Kier alpha value is -0.910. The minimum absolute atomic E-state index is 0.704. The molecular formula is C15H21N3S2. The van der Waals surface area contributed by atoms with Gasteiger partial charge in [0.15, 0.2) is 5.13 Å². The lowest BCUT2D eigenvalue weighted by Crippen LogP contribution is -2.24. The van der Waals surface area contributed by atoms with Gasteiger partial charge in [-0.05, 0) is 37.8 Å². The van der Waals surface area contributed by atoms with Crippen LogP contribution in [0.5, 0.6) is 0 Å². The molecule has 1 aliphatic carbocycles. The number of nitrogens with one attached hydrogen (secondary N) is 1. The smallest absolute Gasteiger partial charge is 0.186 e. The third-order valence-electron chi connectivity index (χ3n) is 3.58. The van der Waals surface area contributed by atoms with Crippen molar-refractivity contribution in [2.45, 2.75) is 45.3 Å². The molecule has 0 aliphatic heterocycles. The Balaban J connectivity index is 1.83. The maximum atomic E-state index is 4.90. The van der Waals surface area contributed by atoms with E-state index in [0.29, 0.717) is 6.04 Å². The average Bonchev–Trinajstić information content (AvgIpc) is 3.00. The van der Waals surface area contributed by atoms with Gasteiger partial charge in [0.2, 0.25) is 0 Å². The molecule has 2 aromatic heterocycles. The number of hydrogen-bond donors (Lipinski definition) is 1. The maximum absolute atomic E-state index is 4.90. The van der Waals surface area contributed by atoms with Crippen molar-refractivity contribution >= 4 is 27.8 Å². The monoisotopic (exact) mass is 307 g/mol. The summed E-state index contributed by atoms with van der Waals surface area (Å²) in [5.41, 5.74) is 1.26. The third kappa shape index (κ3) is 3.05. The largest absolute Gasteiger partial charge is 0.340 e. The quantitative estimate of drug-likeness (QED) is 0.846. The zero-order chi connectivity index (χ0) is 13.9. The highest BCUT2D eigenvalue weighted by molar-refractivity contribution is 7.15. The van der Waals surface area contributed by atoms with Crippen LogP contribution in [0.1, 0.15) is 35.2 Å². The summed E-state index contributed by atoms with van der Waals surface area (Å²) in [6.07, 6.45) is 3.65. The Kier molecular flexibility index (Phi) is 4.38. The summed E-state index contributed by atoms with van der Waals surface area (Å²) in [6, 6.07) is 5.06. The fourth-order valence-corrected chi connectivity index (χ4v) is 4.31. The van der Waals surface area contributed by atoms with E-state index in [4.69, 9.17) is 4.98 Å². The normalized spacial score (nSPS) is 14.7. The zero-order valence-corrected chi connectivity index (χ0v) is 13.7. The van der Waals surface area contributed by atoms with E-state index in [1.807, 2.05) is 29.7 Å². The van der Waals surface area contributed by atoms with Gasteiger partial charge in [0.1, 0.15) is 0 Å². The van der Waals surface area contributed by atoms with E-state index in [9.17, 15) is 0 Å². The van der Waals surface area contributed by atoms with Gasteiger partial charge in [0, 0.05) is 22.3 Å². The summed E-state index contributed by atoms with van der Waals surface area (Å²) in [5.74, 6) is 0. The van der Waals surface area contributed by atoms with Crippen LogP contribution in [0.4, 0.5) is 5.13 Å². The minimum Gasteiger partial charge on any atom is -0.340 e. The molecule has 1 N–H and O–H groups in total. The second kappa shape index (κ2) is 6.24. The SMILES string of the molecule is CCc1nc(N(Cc2cccs2)C2CC2)sc1CNC. The molecule has 2 aromatic rings. The van der Waals surface area contributed by atoms with Crippen LogP contribution in [0.15, 0.2) is 17.5 Å².